The fourth-order valence-corrected chi connectivity index (χ4v) is 4.69. The Bertz CT molecular complexity index is 1470. The minimum absolute atomic E-state index is 0.0392. The van der Waals surface area contributed by atoms with Gasteiger partial charge in [-0.1, -0.05) is 55.5 Å². The molecule has 1 aliphatic rings. The molecule has 36 heavy (non-hydrogen) atoms. The van der Waals surface area contributed by atoms with Crippen molar-refractivity contribution in [2.45, 2.75) is 32.9 Å². The van der Waals surface area contributed by atoms with Gasteiger partial charge in [0, 0.05) is 12.7 Å². The standard InChI is InChI=1S/C29H27N3O4/c1-3-16-36-22-13-9-12-21(17-22)26-24(27(33)25-19(2)30-23-14-7-8-15-31(23)25)28(34)29(35)32(26)18-20-10-5-4-6-11-20/h4-15,17,26,33H,3,16,18H2,1-2H3. The summed E-state index contributed by atoms with van der Waals surface area (Å²) in [5.74, 6) is -0.981. The van der Waals surface area contributed by atoms with E-state index < -0.39 is 17.7 Å². The monoisotopic (exact) mass is 481 g/mol. The van der Waals surface area contributed by atoms with Gasteiger partial charge in [-0.25, -0.2) is 4.98 Å². The summed E-state index contributed by atoms with van der Waals surface area (Å²) in [5, 5.41) is 11.6. The van der Waals surface area contributed by atoms with Crippen LogP contribution in [0.15, 0.2) is 84.6 Å². The number of ketones is 1. The lowest BCUT2D eigenvalue weighted by Gasteiger charge is -2.26. The second-order valence-corrected chi connectivity index (χ2v) is 8.81. The van der Waals surface area contributed by atoms with Crippen molar-refractivity contribution in [3.05, 3.63) is 107 Å². The topological polar surface area (TPSA) is 84.1 Å². The highest BCUT2D eigenvalue weighted by molar-refractivity contribution is 6.46. The number of amides is 1. The van der Waals surface area contributed by atoms with E-state index in [0.717, 1.165) is 12.0 Å². The molecule has 5 rings (SSSR count). The molecule has 2 aromatic carbocycles. The van der Waals surface area contributed by atoms with E-state index >= 15 is 0 Å². The first-order valence-corrected chi connectivity index (χ1v) is 12.0. The number of benzene rings is 2. The maximum absolute atomic E-state index is 13.5. The predicted molar refractivity (Wildman–Crippen MR) is 136 cm³/mol. The number of Topliss-reactive ketones (excluding diaryl/α,β-unsaturated/α-hetero) is 1. The zero-order valence-corrected chi connectivity index (χ0v) is 20.2. The Hall–Kier alpha value is -4.39. The van der Waals surface area contributed by atoms with E-state index in [1.807, 2.05) is 79.7 Å². The van der Waals surface area contributed by atoms with E-state index in [4.69, 9.17) is 4.74 Å². The second-order valence-electron chi connectivity index (χ2n) is 8.81. The molecule has 182 valence electrons. The number of hydrogen-bond donors (Lipinski definition) is 1. The van der Waals surface area contributed by atoms with Gasteiger partial charge in [0.05, 0.1) is 23.9 Å². The number of aryl methyl sites for hydroxylation is 1. The third-order valence-corrected chi connectivity index (χ3v) is 6.31. The van der Waals surface area contributed by atoms with Crippen molar-refractivity contribution in [1.82, 2.24) is 14.3 Å². The number of hydrogen-bond acceptors (Lipinski definition) is 5. The molecule has 1 unspecified atom stereocenters. The van der Waals surface area contributed by atoms with Crippen LogP contribution in [0.25, 0.3) is 11.4 Å². The van der Waals surface area contributed by atoms with Crippen molar-refractivity contribution in [3.8, 4) is 5.75 Å². The maximum Gasteiger partial charge on any atom is 0.295 e. The summed E-state index contributed by atoms with van der Waals surface area (Å²) in [6, 6.07) is 21.6. The lowest BCUT2D eigenvalue weighted by Crippen LogP contribution is -2.29. The first kappa shape index (κ1) is 23.4. The second kappa shape index (κ2) is 9.70. The number of aromatic nitrogens is 2. The molecule has 1 N–H and O–H groups in total. The number of fused-ring (bicyclic) bond motifs is 1. The van der Waals surface area contributed by atoms with Gasteiger partial charge in [0.15, 0.2) is 5.76 Å². The predicted octanol–water partition coefficient (Wildman–Crippen LogP) is 5.05. The summed E-state index contributed by atoms with van der Waals surface area (Å²) >= 11 is 0. The number of ether oxygens (including phenoxy) is 1. The van der Waals surface area contributed by atoms with Gasteiger partial charge in [0.25, 0.3) is 11.7 Å². The van der Waals surface area contributed by atoms with Crippen molar-refractivity contribution >= 4 is 23.1 Å². The van der Waals surface area contributed by atoms with Gasteiger partial charge in [-0.05, 0) is 48.7 Å². The molecule has 7 nitrogen and oxygen atoms in total. The van der Waals surface area contributed by atoms with Crippen LogP contribution < -0.4 is 4.74 Å². The Morgan fingerprint density at radius 2 is 1.81 bits per heavy atom. The minimum atomic E-state index is -0.788. The van der Waals surface area contributed by atoms with Crippen molar-refractivity contribution < 1.29 is 19.4 Å². The first-order valence-electron chi connectivity index (χ1n) is 12.0. The third kappa shape index (κ3) is 4.13. The average Bonchev–Trinajstić information content (AvgIpc) is 3.36. The molecular formula is C29H27N3O4. The molecule has 0 aliphatic carbocycles. The van der Waals surface area contributed by atoms with E-state index in [1.165, 1.54) is 4.90 Å². The number of rotatable bonds is 7. The van der Waals surface area contributed by atoms with Gasteiger partial charge >= 0.3 is 0 Å². The van der Waals surface area contributed by atoms with Gasteiger partial charge in [0.2, 0.25) is 0 Å². The molecule has 7 heteroatoms. The van der Waals surface area contributed by atoms with E-state index in [9.17, 15) is 14.7 Å². The number of nitrogens with zero attached hydrogens (tertiary/aromatic N) is 3. The van der Waals surface area contributed by atoms with E-state index in [-0.39, 0.29) is 17.9 Å². The summed E-state index contributed by atoms with van der Waals surface area (Å²) in [4.78, 5) is 32.9. The van der Waals surface area contributed by atoms with Gasteiger partial charge in [-0.2, -0.15) is 0 Å². The number of likely N-dealkylation sites (tertiary alicyclic amines) is 1. The van der Waals surface area contributed by atoms with Crippen LogP contribution in [0.3, 0.4) is 0 Å². The highest BCUT2D eigenvalue weighted by Crippen LogP contribution is 2.41. The summed E-state index contributed by atoms with van der Waals surface area (Å²) < 4.78 is 7.56. The molecule has 3 heterocycles. The summed E-state index contributed by atoms with van der Waals surface area (Å²) in [5.41, 5.74) is 3.21. The summed E-state index contributed by atoms with van der Waals surface area (Å²) in [6.45, 7) is 4.57. The van der Waals surface area contributed by atoms with Crippen molar-refractivity contribution in [2.24, 2.45) is 0 Å². The van der Waals surface area contributed by atoms with E-state index in [1.54, 1.807) is 17.5 Å². The molecular weight excluding hydrogens is 454 g/mol. The molecule has 0 radical (unpaired) electrons. The van der Waals surface area contributed by atoms with Crippen molar-refractivity contribution in [1.29, 1.82) is 0 Å². The van der Waals surface area contributed by atoms with E-state index in [0.29, 0.717) is 35.0 Å². The number of carbonyl (C=O) groups excluding carboxylic acids is 2. The van der Waals surface area contributed by atoms with Gasteiger partial charge in [-0.3, -0.25) is 14.0 Å². The van der Waals surface area contributed by atoms with Gasteiger partial charge in [-0.15, -0.1) is 0 Å². The Morgan fingerprint density at radius 3 is 2.58 bits per heavy atom. The molecule has 4 aromatic rings. The Kier molecular flexibility index (Phi) is 6.29. The van der Waals surface area contributed by atoms with Crippen molar-refractivity contribution in [3.63, 3.8) is 0 Å². The largest absolute Gasteiger partial charge is 0.505 e. The SMILES string of the molecule is CCCOc1cccc(C2C(=C(O)c3c(C)nc4ccccn34)C(=O)C(=O)N2Cc2ccccc2)c1. The van der Waals surface area contributed by atoms with Gasteiger partial charge in [0.1, 0.15) is 17.1 Å². The lowest BCUT2D eigenvalue weighted by atomic mass is 9.96. The number of pyridine rings is 1. The van der Waals surface area contributed by atoms with Crippen LogP contribution in [-0.2, 0) is 16.1 Å². The molecule has 0 saturated carbocycles. The molecule has 1 saturated heterocycles. The highest BCUT2D eigenvalue weighted by atomic mass is 16.5. The summed E-state index contributed by atoms with van der Waals surface area (Å²) in [7, 11) is 0. The van der Waals surface area contributed by atoms with E-state index in [2.05, 4.69) is 4.98 Å². The number of aliphatic hydroxyl groups is 1. The quantitative estimate of drug-likeness (QED) is 0.227. The normalized spacial score (nSPS) is 17.2. The highest BCUT2D eigenvalue weighted by Gasteiger charge is 2.46. The van der Waals surface area contributed by atoms with Crippen LogP contribution in [0.2, 0.25) is 0 Å². The lowest BCUT2D eigenvalue weighted by molar-refractivity contribution is -0.140. The third-order valence-electron chi connectivity index (χ3n) is 6.31. The van der Waals surface area contributed by atoms with Crippen LogP contribution in [0.1, 0.15) is 41.9 Å². The first-order chi connectivity index (χ1) is 17.5. The number of carbonyl (C=O) groups is 2. The number of aliphatic hydroxyl groups excluding tert-OH is 1. The summed E-state index contributed by atoms with van der Waals surface area (Å²) in [6.07, 6.45) is 2.63. The fraction of sp³-hybridized carbons (Fsp3) is 0.207. The number of imidazole rings is 1. The minimum Gasteiger partial charge on any atom is -0.505 e. The fourth-order valence-electron chi connectivity index (χ4n) is 4.69. The zero-order valence-electron chi connectivity index (χ0n) is 20.2. The molecule has 0 bridgehead atoms. The van der Waals surface area contributed by atoms with Crippen LogP contribution in [0.5, 0.6) is 5.75 Å². The molecule has 1 fully saturated rings. The van der Waals surface area contributed by atoms with Gasteiger partial charge < -0.3 is 14.7 Å². The average molecular weight is 482 g/mol. The van der Waals surface area contributed by atoms with Crippen molar-refractivity contribution in [2.75, 3.05) is 6.61 Å². The zero-order chi connectivity index (χ0) is 25.2. The molecule has 2 aromatic heterocycles. The Morgan fingerprint density at radius 1 is 1.03 bits per heavy atom. The molecule has 1 amide bonds. The Balaban J connectivity index is 1.69. The van der Waals surface area contributed by atoms with Crippen LogP contribution in [0, 0.1) is 6.92 Å². The molecule has 1 atom stereocenters. The maximum atomic E-state index is 13.5. The van der Waals surface area contributed by atoms with Crippen LogP contribution in [0.4, 0.5) is 0 Å². The molecule has 1 aliphatic heterocycles. The smallest absolute Gasteiger partial charge is 0.295 e. The Labute approximate surface area is 209 Å². The van der Waals surface area contributed by atoms with Crippen LogP contribution >= 0.6 is 0 Å². The van der Waals surface area contributed by atoms with Crippen LogP contribution in [-0.4, -0.2) is 37.7 Å². The molecule has 0 spiro atoms.